The number of β-amino-alcohol motifs (C(OH)–C–C–N with tert-alkyl or cyclic N) is 1. The lowest BCUT2D eigenvalue weighted by atomic mass is 10.3. The summed E-state index contributed by atoms with van der Waals surface area (Å²) in [6, 6.07) is 7.19. The second-order valence-electron chi connectivity index (χ2n) is 6.59. The van der Waals surface area contributed by atoms with Gasteiger partial charge >= 0.3 is 0 Å². The Morgan fingerprint density at radius 2 is 1.83 bits per heavy atom. The van der Waals surface area contributed by atoms with Gasteiger partial charge in [0.1, 0.15) is 24.6 Å². The van der Waals surface area contributed by atoms with Gasteiger partial charge in [0.05, 0.1) is 34.3 Å². The monoisotopic (exact) mass is 334 g/mol. The Balaban J connectivity index is 1.91. The largest absolute Gasteiger partial charge is 0.488 e. The zero-order valence-electron chi connectivity index (χ0n) is 14.3. The van der Waals surface area contributed by atoms with Crippen molar-refractivity contribution >= 4 is 17.5 Å². The van der Waals surface area contributed by atoms with Crippen molar-refractivity contribution in [1.29, 1.82) is 0 Å². The third-order valence-corrected chi connectivity index (χ3v) is 3.50. The standard InChI is InChI=1S/C17H23N3O4/c1-20(2,3)9-11-24-14-6-4-13(5-7-14)18-15-12-16(22)19(8-10-21)17(15)23/h4-7,12,21H,8-11H2,1-3H3/p+1. The molecule has 1 aliphatic heterocycles. The zero-order valence-corrected chi connectivity index (χ0v) is 14.3. The number of aliphatic hydroxyl groups excluding tert-OH is 1. The van der Waals surface area contributed by atoms with Crippen molar-refractivity contribution in [3.05, 3.63) is 36.0 Å². The molecule has 7 heteroatoms. The molecule has 0 aromatic heterocycles. The predicted octanol–water partition coefficient (Wildman–Crippen LogP) is 0.428. The molecule has 1 aromatic rings. The Morgan fingerprint density at radius 1 is 1.17 bits per heavy atom. The summed E-state index contributed by atoms with van der Waals surface area (Å²) in [5.74, 6) is -0.104. The predicted molar refractivity (Wildman–Crippen MR) is 90.3 cm³/mol. The Labute approximate surface area is 141 Å². The number of nitrogens with one attached hydrogen (secondary N) is 1. The van der Waals surface area contributed by atoms with E-state index in [1.807, 2.05) is 12.1 Å². The molecule has 0 saturated heterocycles. The quantitative estimate of drug-likeness (QED) is 0.532. The number of rotatable bonds is 8. The van der Waals surface area contributed by atoms with Crippen LogP contribution in [0.1, 0.15) is 0 Å². The van der Waals surface area contributed by atoms with E-state index in [9.17, 15) is 9.59 Å². The van der Waals surface area contributed by atoms with Crippen LogP contribution in [-0.2, 0) is 9.59 Å². The highest BCUT2D eigenvalue weighted by atomic mass is 16.5. The smallest absolute Gasteiger partial charge is 0.277 e. The van der Waals surface area contributed by atoms with Gasteiger partial charge in [0.15, 0.2) is 0 Å². The first-order chi connectivity index (χ1) is 11.3. The van der Waals surface area contributed by atoms with Crippen LogP contribution in [0.4, 0.5) is 5.69 Å². The molecule has 24 heavy (non-hydrogen) atoms. The molecule has 1 aliphatic rings. The van der Waals surface area contributed by atoms with Gasteiger partial charge in [-0.05, 0) is 24.3 Å². The second kappa shape index (κ2) is 7.46. The highest BCUT2D eigenvalue weighted by Crippen LogP contribution is 2.20. The fraction of sp³-hybridized carbons (Fsp3) is 0.412. The number of benzene rings is 1. The molecule has 0 atom stereocenters. The topological polar surface area (TPSA) is 78.9 Å². The summed E-state index contributed by atoms with van der Waals surface area (Å²) < 4.78 is 6.51. The van der Waals surface area contributed by atoms with E-state index < -0.39 is 11.8 Å². The van der Waals surface area contributed by atoms with E-state index >= 15 is 0 Å². The molecular formula is C17H24N3O4+. The van der Waals surface area contributed by atoms with Crippen molar-refractivity contribution in [2.24, 2.45) is 0 Å². The molecule has 0 saturated carbocycles. The molecule has 2 amide bonds. The summed E-state index contributed by atoms with van der Waals surface area (Å²) >= 11 is 0. The molecule has 130 valence electrons. The Kier molecular flexibility index (Phi) is 5.58. The number of amides is 2. The number of likely N-dealkylation sites (N-methyl/N-ethyl adjacent to an activating group) is 1. The SMILES string of the molecule is C[N+](C)(C)CCOc1ccc(NC2=CC(=O)N(CCO)C2=O)cc1. The minimum absolute atomic E-state index is 0.00158. The first-order valence-electron chi connectivity index (χ1n) is 7.79. The number of quaternary nitrogens is 1. The van der Waals surface area contributed by atoms with Crippen molar-refractivity contribution in [1.82, 2.24) is 4.90 Å². The van der Waals surface area contributed by atoms with Crippen LogP contribution < -0.4 is 10.1 Å². The van der Waals surface area contributed by atoms with E-state index in [1.54, 1.807) is 12.1 Å². The molecular weight excluding hydrogens is 310 g/mol. The molecule has 0 radical (unpaired) electrons. The number of carbonyl (C=O) groups is 2. The lowest BCUT2D eigenvalue weighted by molar-refractivity contribution is -0.870. The summed E-state index contributed by atoms with van der Waals surface area (Å²) in [5.41, 5.74) is 0.888. The van der Waals surface area contributed by atoms with E-state index in [2.05, 4.69) is 26.5 Å². The minimum atomic E-state index is -0.433. The highest BCUT2D eigenvalue weighted by Gasteiger charge is 2.30. The third-order valence-electron chi connectivity index (χ3n) is 3.50. The average Bonchev–Trinajstić information content (AvgIpc) is 2.76. The van der Waals surface area contributed by atoms with Crippen molar-refractivity contribution in [2.45, 2.75) is 0 Å². The number of imide groups is 1. The highest BCUT2D eigenvalue weighted by molar-refractivity contribution is 6.17. The molecule has 0 unspecified atom stereocenters. The summed E-state index contributed by atoms with van der Waals surface area (Å²) in [6.45, 7) is 1.26. The van der Waals surface area contributed by atoms with Gasteiger partial charge in [0.25, 0.3) is 11.8 Å². The molecule has 0 bridgehead atoms. The normalized spacial score (nSPS) is 14.8. The molecule has 1 aromatic carbocycles. The maximum atomic E-state index is 12.0. The van der Waals surface area contributed by atoms with Crippen LogP contribution in [-0.4, -0.2) is 73.8 Å². The van der Waals surface area contributed by atoms with Crippen LogP contribution in [0.2, 0.25) is 0 Å². The van der Waals surface area contributed by atoms with Gasteiger partial charge in [-0.3, -0.25) is 14.5 Å². The Morgan fingerprint density at radius 3 is 2.42 bits per heavy atom. The van der Waals surface area contributed by atoms with Crippen molar-refractivity contribution in [3.8, 4) is 5.75 Å². The van der Waals surface area contributed by atoms with E-state index in [0.29, 0.717) is 12.3 Å². The van der Waals surface area contributed by atoms with Crippen LogP contribution in [0.25, 0.3) is 0 Å². The average molecular weight is 334 g/mol. The van der Waals surface area contributed by atoms with Crippen LogP contribution in [0.5, 0.6) is 5.75 Å². The molecule has 0 fully saturated rings. The van der Waals surface area contributed by atoms with E-state index in [1.165, 1.54) is 6.08 Å². The molecule has 0 aliphatic carbocycles. The maximum Gasteiger partial charge on any atom is 0.277 e. The van der Waals surface area contributed by atoms with Crippen LogP contribution in [0.15, 0.2) is 36.0 Å². The maximum absolute atomic E-state index is 12.0. The van der Waals surface area contributed by atoms with Gasteiger partial charge in [-0.2, -0.15) is 0 Å². The summed E-state index contributed by atoms with van der Waals surface area (Å²) in [5, 5.41) is 11.8. The van der Waals surface area contributed by atoms with Gasteiger partial charge < -0.3 is 19.6 Å². The number of hydrogen-bond acceptors (Lipinski definition) is 5. The van der Waals surface area contributed by atoms with Gasteiger partial charge in [0.2, 0.25) is 0 Å². The van der Waals surface area contributed by atoms with Gasteiger partial charge in [-0.25, -0.2) is 0 Å². The summed E-state index contributed by atoms with van der Waals surface area (Å²) in [6.07, 6.45) is 1.24. The number of ether oxygens (including phenoxy) is 1. The summed E-state index contributed by atoms with van der Waals surface area (Å²) in [4.78, 5) is 24.7. The van der Waals surface area contributed by atoms with Crippen LogP contribution in [0, 0.1) is 0 Å². The van der Waals surface area contributed by atoms with E-state index in [0.717, 1.165) is 21.7 Å². The molecule has 7 nitrogen and oxygen atoms in total. The van der Waals surface area contributed by atoms with Crippen molar-refractivity contribution in [3.63, 3.8) is 0 Å². The van der Waals surface area contributed by atoms with Crippen molar-refractivity contribution in [2.75, 3.05) is 52.8 Å². The zero-order chi connectivity index (χ0) is 17.7. The van der Waals surface area contributed by atoms with Crippen LogP contribution in [0.3, 0.4) is 0 Å². The van der Waals surface area contributed by atoms with Crippen LogP contribution >= 0.6 is 0 Å². The number of hydrogen-bond donors (Lipinski definition) is 2. The number of nitrogens with zero attached hydrogens (tertiary/aromatic N) is 2. The van der Waals surface area contributed by atoms with E-state index in [-0.39, 0.29) is 18.8 Å². The fourth-order valence-electron chi connectivity index (χ4n) is 2.14. The molecule has 0 spiro atoms. The van der Waals surface area contributed by atoms with Gasteiger partial charge in [0, 0.05) is 11.8 Å². The Hall–Kier alpha value is -2.38. The number of carbonyl (C=O) groups excluding carboxylic acids is 2. The van der Waals surface area contributed by atoms with E-state index in [4.69, 9.17) is 9.84 Å². The molecule has 1 heterocycles. The lowest BCUT2D eigenvalue weighted by Gasteiger charge is -2.23. The van der Waals surface area contributed by atoms with Crippen molar-refractivity contribution < 1.29 is 23.9 Å². The second-order valence-corrected chi connectivity index (χ2v) is 6.59. The minimum Gasteiger partial charge on any atom is -0.488 e. The first kappa shape index (κ1) is 18.0. The lowest BCUT2D eigenvalue weighted by Crippen LogP contribution is -2.38. The molecule has 2 rings (SSSR count). The number of aliphatic hydroxyl groups is 1. The Bertz CT molecular complexity index is 632. The number of anilines is 1. The fourth-order valence-corrected chi connectivity index (χ4v) is 2.14. The molecule has 2 N–H and O–H groups in total. The first-order valence-corrected chi connectivity index (χ1v) is 7.79. The van der Waals surface area contributed by atoms with Gasteiger partial charge in [-0.1, -0.05) is 0 Å². The van der Waals surface area contributed by atoms with Gasteiger partial charge in [-0.15, -0.1) is 0 Å². The third kappa shape index (κ3) is 4.81. The summed E-state index contributed by atoms with van der Waals surface area (Å²) in [7, 11) is 6.30.